The number of anilines is 1. The Kier molecular flexibility index (Phi) is 3.04. The average molecular weight is 266 g/mol. The zero-order valence-electron chi connectivity index (χ0n) is 9.59. The predicted molar refractivity (Wildman–Crippen MR) is 67.2 cm³/mol. The van der Waals surface area contributed by atoms with E-state index < -0.39 is 15.7 Å². The summed E-state index contributed by atoms with van der Waals surface area (Å²) in [5.74, 6) is -0.390. The van der Waals surface area contributed by atoms with Gasteiger partial charge in [-0.15, -0.1) is 0 Å². The van der Waals surface area contributed by atoms with Crippen molar-refractivity contribution in [2.24, 2.45) is 0 Å². The first-order valence-electron chi connectivity index (χ1n) is 5.09. The lowest BCUT2D eigenvalue weighted by molar-refractivity contribution is 0.602. The Morgan fingerprint density at radius 1 is 1.22 bits per heavy atom. The fourth-order valence-electron chi connectivity index (χ4n) is 1.54. The van der Waals surface area contributed by atoms with Gasteiger partial charge in [0.25, 0.3) is 0 Å². The van der Waals surface area contributed by atoms with Gasteiger partial charge in [0.05, 0.1) is 4.90 Å². The van der Waals surface area contributed by atoms with E-state index in [9.17, 15) is 12.8 Å². The first-order valence-corrected chi connectivity index (χ1v) is 6.98. The molecule has 2 N–H and O–H groups in total. The van der Waals surface area contributed by atoms with Crippen LogP contribution in [-0.2, 0) is 9.84 Å². The zero-order chi connectivity index (χ0) is 13.3. The van der Waals surface area contributed by atoms with Crippen LogP contribution in [-0.4, -0.2) is 19.7 Å². The third kappa shape index (κ3) is 2.48. The van der Waals surface area contributed by atoms with Gasteiger partial charge in [0.1, 0.15) is 11.6 Å². The maximum Gasteiger partial charge on any atom is 0.175 e. The third-order valence-electron chi connectivity index (χ3n) is 2.47. The standard InChI is InChI=1S/C12H11FN2O2S/c1-18(16,17)9-4-2-8(3-5-9)10-7-15-12(14)6-11(10)13/h2-7H,1H3,(H2,14,15). The van der Waals surface area contributed by atoms with Crippen LogP contribution in [0.5, 0.6) is 0 Å². The van der Waals surface area contributed by atoms with Gasteiger partial charge >= 0.3 is 0 Å². The summed E-state index contributed by atoms with van der Waals surface area (Å²) in [4.78, 5) is 4.00. The number of pyridine rings is 1. The first kappa shape index (κ1) is 12.5. The molecule has 94 valence electrons. The van der Waals surface area contributed by atoms with E-state index >= 15 is 0 Å². The number of benzene rings is 1. The van der Waals surface area contributed by atoms with Crippen molar-refractivity contribution in [2.45, 2.75) is 4.90 Å². The number of nitrogens with zero attached hydrogens (tertiary/aromatic N) is 1. The molecule has 0 saturated heterocycles. The fourth-order valence-corrected chi connectivity index (χ4v) is 2.17. The molecule has 1 aromatic carbocycles. The number of hydrogen-bond donors (Lipinski definition) is 1. The van der Waals surface area contributed by atoms with Crippen LogP contribution in [0.1, 0.15) is 0 Å². The Labute approximate surface area is 104 Å². The minimum atomic E-state index is -3.25. The molecule has 0 unspecified atom stereocenters. The summed E-state index contributed by atoms with van der Waals surface area (Å²) in [6.45, 7) is 0. The highest BCUT2D eigenvalue weighted by Gasteiger charge is 2.09. The summed E-state index contributed by atoms with van der Waals surface area (Å²) in [5.41, 5.74) is 6.19. The van der Waals surface area contributed by atoms with Crippen LogP contribution < -0.4 is 5.73 Å². The number of nitrogens with two attached hydrogens (primary N) is 1. The molecule has 2 aromatic rings. The van der Waals surface area contributed by atoms with Crippen LogP contribution >= 0.6 is 0 Å². The highest BCUT2D eigenvalue weighted by atomic mass is 32.2. The molecular weight excluding hydrogens is 255 g/mol. The molecule has 0 amide bonds. The van der Waals surface area contributed by atoms with E-state index in [1.807, 2.05) is 0 Å². The lowest BCUT2D eigenvalue weighted by Gasteiger charge is -2.05. The molecule has 0 radical (unpaired) electrons. The Morgan fingerprint density at radius 3 is 2.33 bits per heavy atom. The number of hydrogen-bond acceptors (Lipinski definition) is 4. The molecule has 0 aliphatic carbocycles. The van der Waals surface area contributed by atoms with Crippen molar-refractivity contribution in [3.8, 4) is 11.1 Å². The van der Waals surface area contributed by atoms with Crippen molar-refractivity contribution in [3.63, 3.8) is 0 Å². The fraction of sp³-hybridized carbons (Fsp3) is 0.0833. The molecule has 0 bridgehead atoms. The molecule has 4 nitrogen and oxygen atoms in total. The van der Waals surface area contributed by atoms with Crippen molar-refractivity contribution < 1.29 is 12.8 Å². The molecule has 0 fully saturated rings. The Hall–Kier alpha value is -1.95. The van der Waals surface area contributed by atoms with Crippen molar-refractivity contribution in [1.29, 1.82) is 0 Å². The highest BCUT2D eigenvalue weighted by molar-refractivity contribution is 7.90. The maximum atomic E-state index is 13.6. The first-order chi connectivity index (χ1) is 8.38. The quantitative estimate of drug-likeness (QED) is 0.900. The van der Waals surface area contributed by atoms with Crippen molar-refractivity contribution in [3.05, 3.63) is 42.3 Å². The van der Waals surface area contributed by atoms with Gasteiger partial charge in [0.15, 0.2) is 9.84 Å². The van der Waals surface area contributed by atoms with E-state index in [2.05, 4.69) is 4.98 Å². The summed E-state index contributed by atoms with van der Waals surface area (Å²) in [6, 6.07) is 7.06. The maximum absolute atomic E-state index is 13.6. The highest BCUT2D eigenvalue weighted by Crippen LogP contribution is 2.24. The second-order valence-corrected chi connectivity index (χ2v) is 5.90. The van der Waals surface area contributed by atoms with Gasteiger partial charge in [-0.3, -0.25) is 0 Å². The zero-order valence-corrected chi connectivity index (χ0v) is 10.4. The van der Waals surface area contributed by atoms with E-state index in [-0.39, 0.29) is 16.3 Å². The number of sulfone groups is 1. The smallest absolute Gasteiger partial charge is 0.175 e. The second-order valence-electron chi connectivity index (χ2n) is 3.89. The summed E-state index contributed by atoms with van der Waals surface area (Å²) >= 11 is 0. The summed E-state index contributed by atoms with van der Waals surface area (Å²) in [7, 11) is -3.25. The number of rotatable bonds is 2. The van der Waals surface area contributed by atoms with Crippen LogP contribution in [0.15, 0.2) is 41.4 Å². The van der Waals surface area contributed by atoms with Gasteiger partial charge in [-0.1, -0.05) is 12.1 Å². The van der Waals surface area contributed by atoms with Gasteiger partial charge in [-0.05, 0) is 17.7 Å². The molecule has 0 spiro atoms. The number of aromatic nitrogens is 1. The number of nitrogen functional groups attached to an aromatic ring is 1. The molecule has 0 aliphatic heterocycles. The van der Waals surface area contributed by atoms with E-state index in [1.165, 1.54) is 30.5 Å². The molecule has 2 rings (SSSR count). The second kappa shape index (κ2) is 4.38. The molecule has 1 heterocycles. The van der Waals surface area contributed by atoms with Crippen LogP contribution in [0.2, 0.25) is 0 Å². The topological polar surface area (TPSA) is 73.0 Å². The Morgan fingerprint density at radius 2 is 1.83 bits per heavy atom. The van der Waals surface area contributed by atoms with Gasteiger partial charge in [0.2, 0.25) is 0 Å². The van der Waals surface area contributed by atoms with Gasteiger partial charge in [-0.2, -0.15) is 0 Å². The molecule has 6 heteroatoms. The van der Waals surface area contributed by atoms with Crippen molar-refractivity contribution in [2.75, 3.05) is 12.0 Å². The lowest BCUT2D eigenvalue weighted by Crippen LogP contribution is -1.97. The van der Waals surface area contributed by atoms with Crippen molar-refractivity contribution >= 4 is 15.7 Å². The predicted octanol–water partition coefficient (Wildman–Crippen LogP) is 1.87. The van der Waals surface area contributed by atoms with Crippen LogP contribution in [0.3, 0.4) is 0 Å². The molecule has 0 saturated carbocycles. The monoisotopic (exact) mass is 266 g/mol. The van der Waals surface area contributed by atoms with E-state index in [4.69, 9.17) is 5.73 Å². The summed E-state index contributed by atoms with van der Waals surface area (Å²) in [5, 5.41) is 0. The molecule has 0 atom stereocenters. The van der Waals surface area contributed by atoms with Crippen LogP contribution in [0, 0.1) is 5.82 Å². The summed E-state index contributed by atoms with van der Waals surface area (Å²) in [6.07, 6.45) is 2.44. The van der Waals surface area contributed by atoms with Crippen LogP contribution in [0.4, 0.5) is 10.2 Å². The Balaban J connectivity index is 2.47. The molecule has 0 aliphatic rings. The lowest BCUT2D eigenvalue weighted by atomic mass is 10.1. The van der Waals surface area contributed by atoms with E-state index in [1.54, 1.807) is 0 Å². The minimum absolute atomic E-state index is 0.101. The van der Waals surface area contributed by atoms with E-state index in [0.717, 1.165) is 12.3 Å². The van der Waals surface area contributed by atoms with Gasteiger partial charge in [0, 0.05) is 24.1 Å². The van der Waals surface area contributed by atoms with Crippen molar-refractivity contribution in [1.82, 2.24) is 4.98 Å². The average Bonchev–Trinajstić information content (AvgIpc) is 2.28. The normalized spacial score (nSPS) is 11.4. The minimum Gasteiger partial charge on any atom is -0.384 e. The molecule has 18 heavy (non-hydrogen) atoms. The third-order valence-corrected chi connectivity index (χ3v) is 3.60. The van der Waals surface area contributed by atoms with Crippen LogP contribution in [0.25, 0.3) is 11.1 Å². The van der Waals surface area contributed by atoms with Gasteiger partial charge in [-0.25, -0.2) is 17.8 Å². The summed E-state index contributed by atoms with van der Waals surface area (Å²) < 4.78 is 36.2. The molecule has 1 aromatic heterocycles. The largest absolute Gasteiger partial charge is 0.384 e. The Bertz CT molecular complexity index is 682. The molecular formula is C12H11FN2O2S. The van der Waals surface area contributed by atoms with Gasteiger partial charge < -0.3 is 5.73 Å². The number of halogens is 1. The SMILES string of the molecule is CS(=O)(=O)c1ccc(-c2cnc(N)cc2F)cc1. The van der Waals surface area contributed by atoms with E-state index in [0.29, 0.717) is 5.56 Å².